The van der Waals surface area contributed by atoms with Gasteiger partial charge in [0.25, 0.3) is 5.91 Å². The number of anilines is 1. The molecule has 0 aliphatic carbocycles. The average molecular weight is 646 g/mol. The van der Waals surface area contributed by atoms with E-state index >= 15 is 0 Å². The van der Waals surface area contributed by atoms with Crippen LogP contribution in [-0.2, 0) is 15.3 Å². The Morgan fingerprint density at radius 1 is 1.07 bits per heavy atom. The Balaban J connectivity index is 1.47. The summed E-state index contributed by atoms with van der Waals surface area (Å²) in [4.78, 5) is 28.5. The summed E-state index contributed by atoms with van der Waals surface area (Å²) in [5.74, 6) is -0.772. The van der Waals surface area contributed by atoms with Crippen molar-refractivity contribution in [2.24, 2.45) is 0 Å². The highest BCUT2D eigenvalue weighted by Crippen LogP contribution is 2.45. The molecule has 1 atom stereocenters. The van der Waals surface area contributed by atoms with Crippen molar-refractivity contribution in [3.05, 3.63) is 113 Å². The van der Waals surface area contributed by atoms with Crippen LogP contribution in [0.25, 0.3) is 6.08 Å². The van der Waals surface area contributed by atoms with Gasteiger partial charge in [-0.1, -0.05) is 97.5 Å². The number of halogens is 1. The Labute approximate surface area is 269 Å². The second-order valence-electron chi connectivity index (χ2n) is 10.2. The number of hydrogen-bond donors (Lipinski definition) is 1. The fourth-order valence-corrected chi connectivity index (χ4v) is 6.61. The average Bonchev–Trinajstić information content (AvgIpc) is 3.63. The minimum Gasteiger partial charge on any atom is -0.503 e. The maximum absolute atomic E-state index is 13.6. The molecule has 0 fully saturated rings. The van der Waals surface area contributed by atoms with Gasteiger partial charge in [-0.25, -0.2) is 4.39 Å². The van der Waals surface area contributed by atoms with Crippen LogP contribution in [0.4, 0.5) is 9.52 Å². The first-order valence-corrected chi connectivity index (χ1v) is 16.3. The Bertz CT molecular complexity index is 1710. The zero-order chi connectivity index (χ0) is 31.8. The predicted molar refractivity (Wildman–Crippen MR) is 174 cm³/mol. The molecular formula is C34H32FN3O5S2. The van der Waals surface area contributed by atoms with Gasteiger partial charge >= 0.3 is 0 Å². The molecule has 0 spiro atoms. The fourth-order valence-electron chi connectivity index (χ4n) is 4.79. The van der Waals surface area contributed by atoms with Crippen molar-refractivity contribution >= 4 is 46.0 Å². The molecule has 1 aromatic heterocycles. The SMILES string of the molecule is CCCCCOc1ccc(C2C(C(=O)C=Cc3ccccc3)=C(O)C(=O)N2c2nnc(SCc3ccc(F)cc3)s2)cc1OC. The van der Waals surface area contributed by atoms with Crippen LogP contribution < -0.4 is 14.4 Å². The third-order valence-electron chi connectivity index (χ3n) is 7.09. The van der Waals surface area contributed by atoms with Crippen LogP contribution in [0.5, 0.6) is 11.5 Å². The van der Waals surface area contributed by atoms with E-state index in [0.29, 0.717) is 33.8 Å². The lowest BCUT2D eigenvalue weighted by Crippen LogP contribution is -2.30. The highest BCUT2D eigenvalue weighted by atomic mass is 32.2. The van der Waals surface area contributed by atoms with Gasteiger partial charge in [0.2, 0.25) is 5.13 Å². The molecule has 0 bridgehead atoms. The molecule has 1 N–H and O–H groups in total. The molecule has 0 saturated heterocycles. The van der Waals surface area contributed by atoms with Gasteiger partial charge in [0.05, 0.1) is 25.3 Å². The lowest BCUT2D eigenvalue weighted by Gasteiger charge is -2.24. The zero-order valence-electron chi connectivity index (χ0n) is 24.8. The lowest BCUT2D eigenvalue weighted by molar-refractivity contribution is -0.117. The summed E-state index contributed by atoms with van der Waals surface area (Å²) in [6.07, 6.45) is 5.98. The first kappa shape index (κ1) is 31.9. The normalized spacial score (nSPS) is 14.9. The number of ketones is 1. The van der Waals surface area contributed by atoms with Gasteiger partial charge in [0.15, 0.2) is 27.4 Å². The summed E-state index contributed by atoms with van der Waals surface area (Å²) >= 11 is 2.54. The molecule has 45 heavy (non-hydrogen) atoms. The predicted octanol–water partition coefficient (Wildman–Crippen LogP) is 7.73. The second-order valence-corrected chi connectivity index (χ2v) is 12.4. The number of methoxy groups -OCH3 is 1. The highest BCUT2D eigenvalue weighted by molar-refractivity contribution is 8.00. The highest BCUT2D eigenvalue weighted by Gasteiger charge is 2.45. The maximum atomic E-state index is 13.6. The Hall–Kier alpha value is -4.48. The minimum absolute atomic E-state index is 0.0819. The molecule has 8 nitrogen and oxygen atoms in total. The van der Waals surface area contributed by atoms with Crippen molar-refractivity contribution in [3.8, 4) is 11.5 Å². The summed E-state index contributed by atoms with van der Waals surface area (Å²) in [7, 11) is 1.52. The maximum Gasteiger partial charge on any atom is 0.296 e. The summed E-state index contributed by atoms with van der Waals surface area (Å²) in [6.45, 7) is 2.64. The van der Waals surface area contributed by atoms with E-state index in [4.69, 9.17) is 9.47 Å². The Kier molecular flexibility index (Phi) is 10.6. The molecule has 11 heteroatoms. The summed E-state index contributed by atoms with van der Waals surface area (Å²) in [5.41, 5.74) is 2.13. The van der Waals surface area contributed by atoms with Gasteiger partial charge in [-0.3, -0.25) is 14.5 Å². The minimum atomic E-state index is -1.00. The smallest absolute Gasteiger partial charge is 0.296 e. The number of carbonyl (C=O) groups excluding carboxylic acids is 2. The van der Waals surface area contributed by atoms with E-state index in [1.165, 1.54) is 42.0 Å². The van der Waals surface area contributed by atoms with Crippen molar-refractivity contribution < 1.29 is 28.6 Å². The van der Waals surface area contributed by atoms with E-state index in [1.807, 2.05) is 30.3 Å². The number of thioether (sulfide) groups is 1. The van der Waals surface area contributed by atoms with Crippen LogP contribution >= 0.6 is 23.1 Å². The van der Waals surface area contributed by atoms with Crippen molar-refractivity contribution in [3.63, 3.8) is 0 Å². The summed E-state index contributed by atoms with van der Waals surface area (Å²) < 4.78 is 25.5. The van der Waals surface area contributed by atoms with Gasteiger partial charge in [-0.05, 0) is 53.5 Å². The first-order valence-electron chi connectivity index (χ1n) is 14.4. The third kappa shape index (κ3) is 7.61. The topological polar surface area (TPSA) is 102 Å². The number of nitrogens with zero attached hydrogens (tertiary/aromatic N) is 3. The number of carbonyl (C=O) groups is 2. The third-order valence-corrected chi connectivity index (χ3v) is 9.21. The van der Waals surface area contributed by atoms with Crippen LogP contribution in [0.2, 0.25) is 0 Å². The molecule has 1 amide bonds. The van der Waals surface area contributed by atoms with E-state index in [9.17, 15) is 19.1 Å². The van der Waals surface area contributed by atoms with Gasteiger partial charge in [0.1, 0.15) is 5.82 Å². The van der Waals surface area contributed by atoms with Gasteiger partial charge in [0, 0.05) is 5.75 Å². The molecule has 4 aromatic rings. The molecule has 0 radical (unpaired) electrons. The van der Waals surface area contributed by atoms with Crippen LogP contribution in [0, 0.1) is 5.82 Å². The van der Waals surface area contributed by atoms with Gasteiger partial charge < -0.3 is 14.6 Å². The first-order chi connectivity index (χ1) is 21.9. The van der Waals surface area contributed by atoms with Crippen molar-refractivity contribution in [1.82, 2.24) is 10.2 Å². The second kappa shape index (κ2) is 15.0. The molecular weight excluding hydrogens is 614 g/mol. The van der Waals surface area contributed by atoms with Gasteiger partial charge in [-0.15, -0.1) is 10.2 Å². The molecule has 1 aliphatic rings. The number of aliphatic hydroxyl groups excluding tert-OH is 1. The largest absolute Gasteiger partial charge is 0.503 e. The van der Waals surface area contributed by atoms with Crippen LogP contribution in [0.3, 0.4) is 0 Å². The monoisotopic (exact) mass is 645 g/mol. The number of unbranched alkanes of at least 4 members (excludes halogenated alkanes) is 2. The number of aliphatic hydroxyl groups is 1. The van der Waals surface area contributed by atoms with E-state index in [0.717, 1.165) is 41.7 Å². The van der Waals surface area contributed by atoms with Crippen LogP contribution in [0.15, 0.2) is 94.5 Å². The zero-order valence-corrected chi connectivity index (χ0v) is 26.4. The van der Waals surface area contributed by atoms with E-state index in [2.05, 4.69) is 17.1 Å². The fraction of sp³-hybridized carbons (Fsp3) is 0.235. The number of ether oxygens (including phenoxy) is 2. The molecule has 0 saturated carbocycles. The molecule has 5 rings (SSSR count). The van der Waals surface area contributed by atoms with E-state index in [-0.39, 0.29) is 16.5 Å². The van der Waals surface area contributed by atoms with Gasteiger partial charge in [-0.2, -0.15) is 0 Å². The number of amides is 1. The van der Waals surface area contributed by atoms with Crippen molar-refractivity contribution in [1.29, 1.82) is 0 Å². The number of allylic oxidation sites excluding steroid dienone is 1. The molecule has 1 aliphatic heterocycles. The van der Waals surface area contributed by atoms with E-state index in [1.54, 1.807) is 36.4 Å². The summed E-state index contributed by atoms with van der Waals surface area (Å²) in [5, 5.41) is 19.8. The lowest BCUT2D eigenvalue weighted by atomic mass is 9.95. The van der Waals surface area contributed by atoms with E-state index < -0.39 is 23.5 Å². The number of aromatic nitrogens is 2. The number of rotatable bonds is 14. The van der Waals surface area contributed by atoms with Crippen molar-refractivity contribution in [2.45, 2.75) is 42.3 Å². The molecule has 2 heterocycles. The quantitative estimate of drug-likeness (QED) is 0.0644. The number of benzene rings is 3. The number of hydrogen-bond acceptors (Lipinski definition) is 9. The summed E-state index contributed by atoms with van der Waals surface area (Å²) in [6, 6.07) is 19.6. The van der Waals surface area contributed by atoms with Crippen LogP contribution in [-0.4, -0.2) is 40.7 Å². The Morgan fingerprint density at radius 2 is 1.84 bits per heavy atom. The van der Waals surface area contributed by atoms with Crippen molar-refractivity contribution in [2.75, 3.05) is 18.6 Å². The standard InChI is InChI=1S/C34H32FN3O5S2/c1-3-4-8-19-43-27-18-14-24(20-28(27)42-2)30-29(26(39)17-13-22-9-6-5-7-10-22)31(40)32(41)38(30)33-36-37-34(45-33)44-21-23-11-15-25(35)16-12-23/h5-7,9-18,20,30,40H,3-4,8,19,21H2,1-2H3. The van der Waals surface area contributed by atoms with Crippen LogP contribution in [0.1, 0.15) is 48.9 Å². The molecule has 3 aromatic carbocycles. The Morgan fingerprint density at radius 3 is 2.58 bits per heavy atom. The molecule has 1 unspecified atom stereocenters. The molecule has 232 valence electrons.